The van der Waals surface area contributed by atoms with E-state index in [9.17, 15) is 18.0 Å². The molecule has 1 amide bonds. The molecule has 2 aliphatic heterocycles. The van der Waals surface area contributed by atoms with Crippen LogP contribution >= 0.6 is 0 Å². The van der Waals surface area contributed by atoms with Gasteiger partial charge in [0.1, 0.15) is 6.23 Å². The number of nitrogens with two attached hydrogens (primary N) is 1. The fourth-order valence-corrected chi connectivity index (χ4v) is 3.50. The van der Waals surface area contributed by atoms with Gasteiger partial charge in [0.25, 0.3) is 5.91 Å². The van der Waals surface area contributed by atoms with Gasteiger partial charge in [-0.1, -0.05) is 0 Å². The first-order valence-corrected chi connectivity index (χ1v) is 8.78. The van der Waals surface area contributed by atoms with Crippen molar-refractivity contribution in [2.24, 2.45) is 5.73 Å². The maximum atomic E-state index is 13.2. The molecule has 2 saturated heterocycles. The highest BCUT2D eigenvalue weighted by Crippen LogP contribution is 2.36. The lowest BCUT2D eigenvalue weighted by Crippen LogP contribution is -2.47. The molecule has 146 valence electrons. The molecule has 1 aromatic rings. The Hall–Kier alpha value is -2.31. The second kappa shape index (κ2) is 7.37. The Labute approximate surface area is 155 Å². The van der Waals surface area contributed by atoms with Crippen LogP contribution in [0.3, 0.4) is 0 Å². The van der Waals surface area contributed by atoms with Crippen LogP contribution in [0.2, 0.25) is 0 Å². The molecule has 9 heteroatoms. The summed E-state index contributed by atoms with van der Waals surface area (Å²) in [7, 11) is 0. The Balaban J connectivity index is 1.77. The molecule has 0 radical (unpaired) electrons. The monoisotopic (exact) mass is 382 g/mol. The van der Waals surface area contributed by atoms with Crippen molar-refractivity contribution in [3.8, 4) is 6.07 Å². The third-order valence-corrected chi connectivity index (χ3v) is 5.05. The van der Waals surface area contributed by atoms with Crippen LogP contribution < -0.4 is 10.6 Å². The Morgan fingerprint density at radius 1 is 1.33 bits per heavy atom. The SMILES string of the molecule is C[C@H]1O[C@H](C(=O)N2CCC(N)CC2)CN1c1ccc(C#N)c(C(F)(F)F)c1. The number of carbonyl (C=O) groups is 1. The van der Waals surface area contributed by atoms with Crippen molar-refractivity contribution in [2.75, 3.05) is 24.5 Å². The van der Waals surface area contributed by atoms with Crippen molar-refractivity contribution in [1.29, 1.82) is 5.26 Å². The van der Waals surface area contributed by atoms with E-state index in [4.69, 9.17) is 15.7 Å². The number of nitriles is 1. The van der Waals surface area contributed by atoms with Crippen LogP contribution in [0.25, 0.3) is 0 Å². The summed E-state index contributed by atoms with van der Waals surface area (Å²) < 4.78 is 45.3. The molecule has 2 fully saturated rings. The molecule has 27 heavy (non-hydrogen) atoms. The Morgan fingerprint density at radius 2 is 2.00 bits per heavy atom. The molecule has 2 aliphatic rings. The summed E-state index contributed by atoms with van der Waals surface area (Å²) in [6.07, 6.45) is -4.48. The van der Waals surface area contributed by atoms with E-state index in [1.165, 1.54) is 6.07 Å². The van der Waals surface area contributed by atoms with Crippen molar-refractivity contribution in [3.63, 3.8) is 0 Å². The zero-order valence-electron chi connectivity index (χ0n) is 14.9. The van der Waals surface area contributed by atoms with Gasteiger partial charge >= 0.3 is 6.18 Å². The van der Waals surface area contributed by atoms with Gasteiger partial charge in [0.15, 0.2) is 6.10 Å². The molecule has 2 heterocycles. The molecule has 6 nitrogen and oxygen atoms in total. The second-order valence-corrected chi connectivity index (χ2v) is 6.88. The van der Waals surface area contributed by atoms with Crippen LogP contribution in [-0.2, 0) is 15.7 Å². The lowest BCUT2D eigenvalue weighted by atomic mass is 10.1. The van der Waals surface area contributed by atoms with Gasteiger partial charge in [-0.25, -0.2) is 0 Å². The molecule has 0 spiro atoms. The highest BCUT2D eigenvalue weighted by molar-refractivity contribution is 5.82. The summed E-state index contributed by atoms with van der Waals surface area (Å²) in [4.78, 5) is 16.0. The lowest BCUT2D eigenvalue weighted by Gasteiger charge is -2.31. The number of piperidine rings is 1. The average Bonchev–Trinajstić information content (AvgIpc) is 3.02. The minimum absolute atomic E-state index is 0.0911. The van der Waals surface area contributed by atoms with Gasteiger partial charge < -0.3 is 20.3 Å². The summed E-state index contributed by atoms with van der Waals surface area (Å²) in [6.45, 7) is 2.96. The van der Waals surface area contributed by atoms with Crippen LogP contribution in [0, 0.1) is 11.3 Å². The largest absolute Gasteiger partial charge is 0.417 e. The molecule has 0 unspecified atom stereocenters. The van der Waals surface area contributed by atoms with E-state index >= 15 is 0 Å². The molecule has 0 saturated carbocycles. The lowest BCUT2D eigenvalue weighted by molar-refractivity contribution is -0.143. The summed E-state index contributed by atoms with van der Waals surface area (Å²) in [6, 6.07) is 5.18. The van der Waals surface area contributed by atoms with Crippen molar-refractivity contribution in [3.05, 3.63) is 29.3 Å². The minimum atomic E-state index is -4.63. The highest BCUT2D eigenvalue weighted by Gasteiger charge is 2.39. The normalized spacial score (nSPS) is 24.1. The van der Waals surface area contributed by atoms with Gasteiger partial charge in [-0.2, -0.15) is 18.4 Å². The third-order valence-electron chi connectivity index (χ3n) is 5.05. The number of halogens is 3. The zero-order chi connectivity index (χ0) is 19.8. The van der Waals surface area contributed by atoms with Gasteiger partial charge in [-0.3, -0.25) is 4.79 Å². The van der Waals surface area contributed by atoms with Crippen molar-refractivity contribution >= 4 is 11.6 Å². The predicted octanol–water partition coefficient (Wildman–Crippen LogP) is 2.08. The first-order valence-electron chi connectivity index (χ1n) is 8.78. The van der Waals surface area contributed by atoms with E-state index in [-0.39, 0.29) is 24.2 Å². The number of benzene rings is 1. The minimum Gasteiger partial charge on any atom is -0.344 e. The number of rotatable bonds is 2. The summed E-state index contributed by atoms with van der Waals surface area (Å²) in [5.74, 6) is -0.166. The number of nitrogens with zero attached hydrogens (tertiary/aromatic N) is 3. The van der Waals surface area contributed by atoms with Gasteiger partial charge in [-0.05, 0) is 38.0 Å². The van der Waals surface area contributed by atoms with E-state index in [0.717, 1.165) is 25.0 Å². The van der Waals surface area contributed by atoms with Crippen LogP contribution in [-0.4, -0.2) is 48.8 Å². The number of amides is 1. The first kappa shape index (κ1) is 19.5. The Bertz CT molecular complexity index is 754. The van der Waals surface area contributed by atoms with Crippen LogP contribution in [0.1, 0.15) is 30.9 Å². The van der Waals surface area contributed by atoms with E-state index in [0.29, 0.717) is 13.1 Å². The van der Waals surface area contributed by atoms with Crippen LogP contribution in [0.4, 0.5) is 18.9 Å². The van der Waals surface area contributed by atoms with Crippen LogP contribution in [0.5, 0.6) is 0 Å². The third kappa shape index (κ3) is 4.01. The number of likely N-dealkylation sites (tertiary alicyclic amines) is 1. The molecular weight excluding hydrogens is 361 g/mol. The Kier molecular flexibility index (Phi) is 5.31. The standard InChI is InChI=1S/C18H21F3N4O2/c1-11-25(14-3-2-12(9-22)15(8-14)18(19,20)21)10-16(27-11)17(26)24-6-4-13(23)5-7-24/h2-3,8,11,13,16H,4-7,10,23H2,1H3/t11-,16+/m1/s1. The fraction of sp³-hybridized carbons (Fsp3) is 0.556. The van der Waals surface area contributed by atoms with E-state index in [1.54, 1.807) is 22.8 Å². The summed E-state index contributed by atoms with van der Waals surface area (Å²) in [5, 5.41) is 8.92. The van der Waals surface area contributed by atoms with Gasteiger partial charge in [0, 0.05) is 24.8 Å². The number of hydrogen-bond acceptors (Lipinski definition) is 5. The van der Waals surface area contributed by atoms with E-state index in [2.05, 4.69) is 0 Å². The average molecular weight is 382 g/mol. The van der Waals surface area contributed by atoms with Gasteiger partial charge in [-0.15, -0.1) is 0 Å². The number of carbonyl (C=O) groups excluding carboxylic acids is 1. The molecule has 2 atom stereocenters. The van der Waals surface area contributed by atoms with Crippen LogP contribution in [0.15, 0.2) is 18.2 Å². The number of alkyl halides is 3. The predicted molar refractivity (Wildman–Crippen MR) is 91.6 cm³/mol. The fourth-order valence-electron chi connectivity index (χ4n) is 3.50. The van der Waals surface area contributed by atoms with Crippen molar-refractivity contribution < 1.29 is 22.7 Å². The molecule has 0 aromatic heterocycles. The topological polar surface area (TPSA) is 82.6 Å². The molecule has 0 aliphatic carbocycles. The number of anilines is 1. The molecular formula is C18H21F3N4O2. The summed E-state index contributed by atoms with van der Waals surface area (Å²) in [5.41, 5.74) is 4.69. The van der Waals surface area contributed by atoms with Crippen molar-refractivity contribution in [1.82, 2.24) is 4.90 Å². The quantitative estimate of drug-likeness (QED) is 0.847. The number of hydrogen-bond donors (Lipinski definition) is 1. The summed E-state index contributed by atoms with van der Waals surface area (Å²) >= 11 is 0. The van der Waals surface area contributed by atoms with Crippen molar-refractivity contribution in [2.45, 2.75) is 44.3 Å². The second-order valence-electron chi connectivity index (χ2n) is 6.88. The van der Waals surface area contributed by atoms with E-state index < -0.39 is 29.6 Å². The van der Waals surface area contributed by atoms with Gasteiger partial charge in [0.05, 0.1) is 23.7 Å². The van der Waals surface area contributed by atoms with Gasteiger partial charge in [0.2, 0.25) is 0 Å². The molecule has 1 aromatic carbocycles. The number of ether oxygens (including phenoxy) is 1. The molecule has 2 N–H and O–H groups in total. The highest BCUT2D eigenvalue weighted by atomic mass is 19.4. The smallest absolute Gasteiger partial charge is 0.344 e. The Morgan fingerprint density at radius 3 is 2.59 bits per heavy atom. The molecule has 0 bridgehead atoms. The molecule has 3 rings (SSSR count). The van der Waals surface area contributed by atoms with E-state index in [1.807, 2.05) is 0 Å². The maximum absolute atomic E-state index is 13.2. The maximum Gasteiger partial charge on any atom is 0.417 e. The first-order chi connectivity index (χ1) is 12.7. The zero-order valence-corrected chi connectivity index (χ0v) is 14.9.